The van der Waals surface area contributed by atoms with Crippen LogP contribution in [0.4, 0.5) is 17.6 Å². The summed E-state index contributed by atoms with van der Waals surface area (Å²) in [6.45, 7) is 0.845. The molecule has 0 bridgehead atoms. The first-order chi connectivity index (χ1) is 9.76. The summed E-state index contributed by atoms with van der Waals surface area (Å²) in [7, 11) is 0. The molecule has 21 heavy (non-hydrogen) atoms. The normalized spacial score (nSPS) is 13.0. The summed E-state index contributed by atoms with van der Waals surface area (Å²) in [4.78, 5) is 1.18. The smallest absolute Gasteiger partial charge is 0.401 e. The van der Waals surface area contributed by atoms with Crippen LogP contribution in [0.25, 0.3) is 0 Å². The maximum absolute atomic E-state index is 13.2. The maximum Gasteiger partial charge on any atom is 0.401 e. The van der Waals surface area contributed by atoms with E-state index in [9.17, 15) is 17.6 Å². The van der Waals surface area contributed by atoms with Crippen molar-refractivity contribution in [1.29, 1.82) is 0 Å². The predicted molar refractivity (Wildman–Crippen MR) is 70.5 cm³/mol. The third kappa shape index (κ3) is 5.58. The van der Waals surface area contributed by atoms with Gasteiger partial charge in [-0.1, -0.05) is 18.1 Å². The van der Waals surface area contributed by atoms with Crippen molar-refractivity contribution in [1.82, 2.24) is 4.90 Å². The van der Waals surface area contributed by atoms with Gasteiger partial charge in [-0.05, 0) is 30.7 Å². The van der Waals surface area contributed by atoms with Crippen LogP contribution in [0.5, 0.6) is 0 Å². The Morgan fingerprint density at radius 3 is 2.57 bits per heavy atom. The van der Waals surface area contributed by atoms with Crippen molar-refractivity contribution >= 4 is 5.84 Å². The molecule has 1 aromatic rings. The van der Waals surface area contributed by atoms with Gasteiger partial charge >= 0.3 is 6.18 Å². The van der Waals surface area contributed by atoms with E-state index in [0.717, 1.165) is 12.1 Å². The molecule has 0 spiro atoms. The molecule has 0 aliphatic rings. The Labute approximate surface area is 119 Å². The van der Waals surface area contributed by atoms with E-state index in [0.29, 0.717) is 12.0 Å². The topological polar surface area (TPSA) is 61.8 Å². The summed E-state index contributed by atoms with van der Waals surface area (Å²) in [6.07, 6.45) is -3.79. The second-order valence-corrected chi connectivity index (χ2v) is 4.61. The number of halogens is 4. The molecule has 118 valence electrons. The zero-order valence-corrected chi connectivity index (χ0v) is 11.5. The van der Waals surface area contributed by atoms with Crippen molar-refractivity contribution in [3.05, 3.63) is 35.1 Å². The van der Waals surface area contributed by atoms with Gasteiger partial charge in [-0.3, -0.25) is 4.90 Å². The number of nitrogens with zero attached hydrogens (tertiary/aromatic N) is 2. The number of rotatable bonds is 6. The van der Waals surface area contributed by atoms with E-state index >= 15 is 0 Å². The molecule has 0 radical (unpaired) electrons. The molecule has 1 aromatic carbocycles. The van der Waals surface area contributed by atoms with Gasteiger partial charge < -0.3 is 10.9 Å². The summed E-state index contributed by atoms with van der Waals surface area (Å²) in [5.74, 6) is -0.953. The Hall–Kier alpha value is -1.83. The standard InChI is InChI=1S/C13H17F4N3O/c1-2-5-20(8-13(15,16)17)7-9-3-4-10(14)6-11(9)12(18)19-21/h3-4,6,21H,2,5,7-8H2,1H3,(H2,18,19). The lowest BCUT2D eigenvalue weighted by Crippen LogP contribution is -2.35. The van der Waals surface area contributed by atoms with Crippen LogP contribution in [0.15, 0.2) is 23.4 Å². The molecule has 4 nitrogen and oxygen atoms in total. The van der Waals surface area contributed by atoms with E-state index in [1.54, 1.807) is 6.92 Å². The molecule has 0 amide bonds. The minimum absolute atomic E-state index is 0.0703. The molecule has 3 N–H and O–H groups in total. The van der Waals surface area contributed by atoms with Gasteiger partial charge in [0.15, 0.2) is 5.84 Å². The Morgan fingerprint density at radius 2 is 2.05 bits per heavy atom. The fourth-order valence-corrected chi connectivity index (χ4v) is 2.00. The lowest BCUT2D eigenvalue weighted by molar-refractivity contribution is -0.147. The van der Waals surface area contributed by atoms with Crippen molar-refractivity contribution in [2.24, 2.45) is 10.9 Å². The quantitative estimate of drug-likeness (QED) is 0.279. The zero-order valence-electron chi connectivity index (χ0n) is 11.5. The minimum Gasteiger partial charge on any atom is -0.409 e. The molecule has 0 aromatic heterocycles. The largest absolute Gasteiger partial charge is 0.409 e. The van der Waals surface area contributed by atoms with E-state index < -0.39 is 18.5 Å². The van der Waals surface area contributed by atoms with Crippen LogP contribution in [0.2, 0.25) is 0 Å². The Balaban J connectivity index is 3.03. The predicted octanol–water partition coefficient (Wildman–Crippen LogP) is 2.69. The Morgan fingerprint density at radius 1 is 1.38 bits per heavy atom. The number of amidine groups is 1. The molecule has 0 aliphatic heterocycles. The van der Waals surface area contributed by atoms with Crippen LogP contribution in [-0.4, -0.2) is 35.2 Å². The van der Waals surface area contributed by atoms with Crippen LogP contribution in [0.1, 0.15) is 24.5 Å². The Kier molecular flexibility index (Phi) is 5.95. The first kappa shape index (κ1) is 17.2. The van der Waals surface area contributed by atoms with Gasteiger partial charge in [0.2, 0.25) is 0 Å². The average molecular weight is 307 g/mol. The number of benzene rings is 1. The van der Waals surface area contributed by atoms with Crippen LogP contribution in [0.3, 0.4) is 0 Å². The summed E-state index contributed by atoms with van der Waals surface area (Å²) in [5.41, 5.74) is 5.88. The van der Waals surface area contributed by atoms with Crippen molar-refractivity contribution in [2.45, 2.75) is 26.1 Å². The van der Waals surface area contributed by atoms with Gasteiger partial charge in [-0.15, -0.1) is 0 Å². The lowest BCUT2D eigenvalue weighted by atomic mass is 10.1. The fourth-order valence-electron chi connectivity index (χ4n) is 2.00. The highest BCUT2D eigenvalue weighted by atomic mass is 19.4. The second kappa shape index (κ2) is 7.26. The molecule has 0 heterocycles. The van der Waals surface area contributed by atoms with Crippen molar-refractivity contribution in [3.63, 3.8) is 0 Å². The number of alkyl halides is 3. The van der Waals surface area contributed by atoms with Gasteiger partial charge in [-0.2, -0.15) is 13.2 Å². The molecule has 0 atom stereocenters. The third-order valence-electron chi connectivity index (χ3n) is 2.79. The number of nitrogens with two attached hydrogens (primary N) is 1. The first-order valence-corrected chi connectivity index (χ1v) is 6.32. The van der Waals surface area contributed by atoms with Crippen LogP contribution in [-0.2, 0) is 6.54 Å². The van der Waals surface area contributed by atoms with E-state index in [2.05, 4.69) is 5.16 Å². The molecule has 0 fully saturated rings. The monoisotopic (exact) mass is 307 g/mol. The summed E-state index contributed by atoms with van der Waals surface area (Å²) in [5, 5.41) is 11.4. The number of hydrogen-bond donors (Lipinski definition) is 2. The molecule has 0 aliphatic carbocycles. The van der Waals surface area contributed by atoms with E-state index in [-0.39, 0.29) is 24.5 Å². The SMILES string of the molecule is CCCN(Cc1ccc(F)cc1C(N)=NO)CC(F)(F)F. The number of oxime groups is 1. The zero-order chi connectivity index (χ0) is 16.0. The van der Waals surface area contributed by atoms with Crippen LogP contribution < -0.4 is 5.73 Å². The fraction of sp³-hybridized carbons (Fsp3) is 0.462. The molecule has 0 saturated heterocycles. The van der Waals surface area contributed by atoms with Gasteiger partial charge in [-0.25, -0.2) is 4.39 Å². The van der Waals surface area contributed by atoms with Gasteiger partial charge in [0.25, 0.3) is 0 Å². The number of hydrogen-bond acceptors (Lipinski definition) is 3. The highest BCUT2D eigenvalue weighted by Crippen LogP contribution is 2.20. The summed E-state index contributed by atoms with van der Waals surface area (Å²) < 4.78 is 50.8. The van der Waals surface area contributed by atoms with Crippen molar-refractivity contribution in [2.75, 3.05) is 13.1 Å². The second-order valence-electron chi connectivity index (χ2n) is 4.61. The van der Waals surface area contributed by atoms with Crippen molar-refractivity contribution in [3.8, 4) is 0 Å². The lowest BCUT2D eigenvalue weighted by Gasteiger charge is -2.24. The van der Waals surface area contributed by atoms with E-state index in [1.807, 2.05) is 0 Å². The first-order valence-electron chi connectivity index (χ1n) is 6.32. The molecule has 0 saturated carbocycles. The van der Waals surface area contributed by atoms with Gasteiger partial charge in [0, 0.05) is 12.1 Å². The molecule has 0 unspecified atom stereocenters. The molecular weight excluding hydrogens is 290 g/mol. The highest BCUT2D eigenvalue weighted by molar-refractivity contribution is 5.98. The minimum atomic E-state index is -4.33. The van der Waals surface area contributed by atoms with Gasteiger partial charge in [0.1, 0.15) is 5.82 Å². The average Bonchev–Trinajstić information content (AvgIpc) is 2.38. The molecule has 8 heteroatoms. The van der Waals surface area contributed by atoms with Crippen LogP contribution >= 0.6 is 0 Å². The van der Waals surface area contributed by atoms with E-state index in [4.69, 9.17) is 10.9 Å². The summed E-state index contributed by atoms with van der Waals surface area (Å²) >= 11 is 0. The van der Waals surface area contributed by atoms with E-state index in [1.165, 1.54) is 11.0 Å². The maximum atomic E-state index is 13.2. The Bertz CT molecular complexity index is 503. The highest BCUT2D eigenvalue weighted by Gasteiger charge is 2.30. The molecular formula is C13H17F4N3O. The van der Waals surface area contributed by atoms with Crippen LogP contribution in [0, 0.1) is 5.82 Å². The van der Waals surface area contributed by atoms with Gasteiger partial charge in [0.05, 0.1) is 6.54 Å². The van der Waals surface area contributed by atoms with Crippen molar-refractivity contribution < 1.29 is 22.8 Å². The summed E-state index contributed by atoms with van der Waals surface area (Å²) in [6, 6.07) is 3.49. The third-order valence-corrected chi connectivity index (χ3v) is 2.79. The molecule has 1 rings (SSSR count).